The number of nitrogens with one attached hydrogen (secondary N) is 1. The van der Waals surface area contributed by atoms with E-state index >= 15 is 0 Å². The Balaban J connectivity index is 2.00. The van der Waals surface area contributed by atoms with Crippen molar-refractivity contribution in [3.8, 4) is 0 Å². The lowest BCUT2D eigenvalue weighted by molar-refractivity contribution is 0.331. The van der Waals surface area contributed by atoms with Crippen LogP contribution in [0, 0.1) is 5.41 Å². The van der Waals surface area contributed by atoms with Crippen molar-refractivity contribution < 1.29 is 0 Å². The van der Waals surface area contributed by atoms with Crippen LogP contribution in [0.2, 0.25) is 0 Å². The summed E-state index contributed by atoms with van der Waals surface area (Å²) in [4.78, 5) is 4.90. The number of fused-ring (bicyclic) bond motifs is 1. The lowest BCUT2D eigenvalue weighted by Gasteiger charge is -2.24. The second-order valence-corrected chi connectivity index (χ2v) is 6.71. The zero-order valence-electron chi connectivity index (χ0n) is 11.2. The van der Waals surface area contributed by atoms with Gasteiger partial charge in [-0.3, -0.25) is 0 Å². The van der Waals surface area contributed by atoms with Crippen LogP contribution >= 0.6 is 0 Å². The molecule has 0 atom stereocenters. The molecule has 0 unspecified atom stereocenters. The van der Waals surface area contributed by atoms with Gasteiger partial charge in [0.1, 0.15) is 5.82 Å². The van der Waals surface area contributed by atoms with Crippen LogP contribution in [0.3, 0.4) is 0 Å². The highest BCUT2D eigenvalue weighted by Crippen LogP contribution is 2.41. The molecule has 0 saturated heterocycles. The summed E-state index contributed by atoms with van der Waals surface area (Å²) in [6, 6.07) is 0. The van der Waals surface area contributed by atoms with Crippen molar-refractivity contribution in [3.05, 3.63) is 17.2 Å². The summed E-state index contributed by atoms with van der Waals surface area (Å²) < 4.78 is 2.54. The summed E-state index contributed by atoms with van der Waals surface area (Å²) in [5.41, 5.74) is 3.14. The Labute approximate surface area is 104 Å². The van der Waals surface area contributed by atoms with E-state index in [9.17, 15) is 0 Å². The van der Waals surface area contributed by atoms with Gasteiger partial charge in [-0.2, -0.15) is 0 Å². The molecule has 1 aliphatic heterocycles. The topological polar surface area (TPSA) is 29.9 Å². The van der Waals surface area contributed by atoms with Gasteiger partial charge >= 0.3 is 0 Å². The molecule has 1 saturated carbocycles. The number of hydrogen-bond acceptors (Lipinski definition) is 2. The molecule has 0 spiro atoms. The molecular weight excluding hydrogens is 210 g/mol. The van der Waals surface area contributed by atoms with Crippen molar-refractivity contribution in [2.45, 2.75) is 59.0 Å². The van der Waals surface area contributed by atoms with Gasteiger partial charge in [-0.15, -0.1) is 0 Å². The van der Waals surface area contributed by atoms with Crippen molar-refractivity contribution in [1.29, 1.82) is 0 Å². The molecule has 94 valence electrons. The number of rotatable bonds is 2. The van der Waals surface area contributed by atoms with Crippen LogP contribution in [0.1, 0.15) is 56.7 Å². The van der Waals surface area contributed by atoms with Crippen LogP contribution in [-0.4, -0.2) is 16.1 Å². The first kappa shape index (κ1) is 11.3. The molecule has 17 heavy (non-hydrogen) atoms. The Bertz CT molecular complexity index is 421. The Morgan fingerprint density at radius 3 is 2.76 bits per heavy atom. The number of hydrogen-bond donors (Lipinski definition) is 1. The highest BCUT2D eigenvalue weighted by Gasteiger charge is 2.32. The van der Waals surface area contributed by atoms with Gasteiger partial charge < -0.3 is 9.88 Å². The van der Waals surface area contributed by atoms with Crippen LogP contribution in [0.4, 0.5) is 0 Å². The molecule has 1 aromatic heterocycles. The molecule has 3 rings (SSSR count). The molecule has 3 nitrogen and oxygen atoms in total. The van der Waals surface area contributed by atoms with E-state index in [2.05, 4.69) is 30.7 Å². The van der Waals surface area contributed by atoms with Gasteiger partial charge in [0.05, 0.1) is 5.69 Å². The van der Waals surface area contributed by atoms with Crippen molar-refractivity contribution in [1.82, 2.24) is 14.9 Å². The van der Waals surface area contributed by atoms with Crippen molar-refractivity contribution in [3.63, 3.8) is 0 Å². The highest BCUT2D eigenvalue weighted by molar-refractivity contribution is 5.24. The first-order valence-electron chi connectivity index (χ1n) is 6.83. The molecule has 1 aromatic rings. The predicted octanol–water partition coefficient (Wildman–Crippen LogP) is 2.45. The van der Waals surface area contributed by atoms with E-state index in [0.29, 0.717) is 5.41 Å². The summed E-state index contributed by atoms with van der Waals surface area (Å²) in [5.74, 6) is 2.12. The Morgan fingerprint density at radius 1 is 1.35 bits per heavy atom. The van der Waals surface area contributed by atoms with Crippen LogP contribution in [0.25, 0.3) is 0 Å². The maximum atomic E-state index is 4.90. The molecule has 1 N–H and O–H groups in total. The van der Waals surface area contributed by atoms with Gasteiger partial charge in [0.15, 0.2) is 0 Å². The Kier molecular flexibility index (Phi) is 2.54. The second kappa shape index (κ2) is 3.84. The largest absolute Gasteiger partial charge is 0.331 e. The third kappa shape index (κ3) is 2.25. The maximum Gasteiger partial charge on any atom is 0.112 e. The Morgan fingerprint density at radius 2 is 2.12 bits per heavy atom. The summed E-state index contributed by atoms with van der Waals surface area (Å²) in [7, 11) is 0. The quantitative estimate of drug-likeness (QED) is 0.850. The van der Waals surface area contributed by atoms with Crippen LogP contribution in [0.5, 0.6) is 0 Å². The lowest BCUT2D eigenvalue weighted by Crippen LogP contribution is -2.26. The van der Waals surface area contributed by atoms with Gasteiger partial charge in [0.25, 0.3) is 0 Å². The molecule has 0 radical (unpaired) electrons. The maximum absolute atomic E-state index is 4.90. The molecule has 0 bridgehead atoms. The first-order chi connectivity index (χ1) is 8.04. The molecular formula is C14H23N3. The molecule has 2 heterocycles. The first-order valence-corrected chi connectivity index (χ1v) is 6.83. The van der Waals surface area contributed by atoms with Gasteiger partial charge in [0, 0.05) is 37.7 Å². The zero-order chi connectivity index (χ0) is 12.0. The molecule has 3 heteroatoms. The average Bonchev–Trinajstić information content (AvgIpc) is 3.02. The van der Waals surface area contributed by atoms with E-state index < -0.39 is 0 Å². The number of nitrogens with zero attached hydrogens (tertiary/aromatic N) is 2. The molecule has 0 aromatic carbocycles. The van der Waals surface area contributed by atoms with Crippen LogP contribution in [-0.2, 0) is 19.5 Å². The SMILES string of the molecule is CC(C)(C)Cn1c(C2CC2)nc2c1CCNC2. The molecule has 1 fully saturated rings. The van der Waals surface area contributed by atoms with Gasteiger partial charge in [0.2, 0.25) is 0 Å². The molecule has 0 amide bonds. The van der Waals surface area contributed by atoms with E-state index in [1.54, 1.807) is 0 Å². The van der Waals surface area contributed by atoms with Crippen molar-refractivity contribution in [2.75, 3.05) is 6.54 Å². The van der Waals surface area contributed by atoms with Crippen molar-refractivity contribution >= 4 is 0 Å². The molecule has 2 aliphatic rings. The number of aromatic nitrogens is 2. The fourth-order valence-corrected chi connectivity index (χ4v) is 2.70. The summed E-state index contributed by atoms with van der Waals surface area (Å²) in [5, 5.41) is 3.43. The van der Waals surface area contributed by atoms with E-state index in [4.69, 9.17) is 4.98 Å². The van der Waals surface area contributed by atoms with Crippen molar-refractivity contribution in [2.24, 2.45) is 5.41 Å². The predicted molar refractivity (Wildman–Crippen MR) is 69.1 cm³/mol. The highest BCUT2D eigenvalue weighted by atomic mass is 15.1. The van der Waals surface area contributed by atoms with Crippen LogP contribution in [0.15, 0.2) is 0 Å². The third-order valence-electron chi connectivity index (χ3n) is 3.59. The average molecular weight is 233 g/mol. The number of imidazole rings is 1. The standard InChI is InChI=1S/C14H23N3/c1-14(2,3)9-17-12-6-7-15-8-11(12)16-13(17)10-4-5-10/h10,15H,4-9H2,1-3H3. The molecule has 1 aliphatic carbocycles. The minimum absolute atomic E-state index is 0.336. The minimum Gasteiger partial charge on any atom is -0.331 e. The minimum atomic E-state index is 0.336. The lowest BCUT2D eigenvalue weighted by atomic mass is 9.96. The third-order valence-corrected chi connectivity index (χ3v) is 3.59. The smallest absolute Gasteiger partial charge is 0.112 e. The van der Waals surface area contributed by atoms with E-state index in [-0.39, 0.29) is 0 Å². The van der Waals surface area contributed by atoms with Gasteiger partial charge in [-0.05, 0) is 18.3 Å². The Hall–Kier alpha value is -0.830. The summed E-state index contributed by atoms with van der Waals surface area (Å²) in [6.07, 6.45) is 3.83. The van der Waals surface area contributed by atoms with Gasteiger partial charge in [-0.1, -0.05) is 20.8 Å². The summed E-state index contributed by atoms with van der Waals surface area (Å²) in [6.45, 7) is 10.1. The summed E-state index contributed by atoms with van der Waals surface area (Å²) >= 11 is 0. The second-order valence-electron chi connectivity index (χ2n) is 6.71. The zero-order valence-corrected chi connectivity index (χ0v) is 11.2. The van der Waals surface area contributed by atoms with Crippen LogP contribution < -0.4 is 5.32 Å². The normalized spacial score (nSPS) is 20.4. The van der Waals surface area contributed by atoms with E-state index in [1.807, 2.05) is 0 Å². The van der Waals surface area contributed by atoms with E-state index in [0.717, 1.165) is 32.0 Å². The van der Waals surface area contributed by atoms with Gasteiger partial charge in [-0.25, -0.2) is 4.98 Å². The van der Waals surface area contributed by atoms with E-state index in [1.165, 1.54) is 30.1 Å². The fourth-order valence-electron chi connectivity index (χ4n) is 2.70. The monoisotopic (exact) mass is 233 g/mol. The fraction of sp³-hybridized carbons (Fsp3) is 0.786.